The van der Waals surface area contributed by atoms with Gasteiger partial charge in [-0.1, -0.05) is 51.1 Å². The van der Waals surface area contributed by atoms with Crippen LogP contribution in [0.25, 0.3) is 11.0 Å². The van der Waals surface area contributed by atoms with Crippen LogP contribution in [0, 0.1) is 11.8 Å². The Bertz CT molecular complexity index is 1500. The van der Waals surface area contributed by atoms with Crippen molar-refractivity contribution in [3.63, 3.8) is 0 Å². The molecule has 12 heteroatoms. The monoisotopic (exact) mass is 629 g/mol. The quantitative estimate of drug-likeness (QED) is 0.244. The highest BCUT2D eigenvalue weighted by atomic mass is 32.2. The van der Waals surface area contributed by atoms with Crippen molar-refractivity contribution in [2.24, 2.45) is 11.8 Å². The lowest BCUT2D eigenvalue weighted by atomic mass is 10.0. The van der Waals surface area contributed by atoms with Crippen molar-refractivity contribution in [1.29, 1.82) is 0 Å². The van der Waals surface area contributed by atoms with Crippen LogP contribution in [-0.2, 0) is 37.2 Å². The number of hydrogen-bond donors (Lipinski definition) is 3. The summed E-state index contributed by atoms with van der Waals surface area (Å²) in [7, 11) is -4.02. The van der Waals surface area contributed by atoms with Crippen LogP contribution in [0.5, 0.6) is 0 Å². The zero-order valence-corrected chi connectivity index (χ0v) is 26.3. The third-order valence-corrected chi connectivity index (χ3v) is 9.93. The maximum absolute atomic E-state index is 14.1. The number of nitrogens with one attached hydrogen (secondary N) is 2. The van der Waals surface area contributed by atoms with Gasteiger partial charge in [0.05, 0.1) is 42.4 Å². The predicted molar refractivity (Wildman–Crippen MR) is 164 cm³/mol. The fraction of sp³-hybridized carbons (Fsp3) is 0.531. The lowest BCUT2D eigenvalue weighted by Crippen LogP contribution is -2.51. The van der Waals surface area contributed by atoms with E-state index in [1.807, 2.05) is 51.1 Å². The molecule has 1 unspecified atom stereocenters. The molecule has 0 saturated carbocycles. The summed E-state index contributed by atoms with van der Waals surface area (Å²) in [4.78, 5) is 13.2. The summed E-state index contributed by atoms with van der Waals surface area (Å²) < 4.78 is 51.9. The molecular formula is C32H43N3O8S. The first-order chi connectivity index (χ1) is 21.2. The summed E-state index contributed by atoms with van der Waals surface area (Å²) in [5.41, 5.74) is 2.34. The van der Waals surface area contributed by atoms with Gasteiger partial charge in [-0.15, -0.1) is 0 Å². The van der Waals surface area contributed by atoms with Gasteiger partial charge in [0.2, 0.25) is 10.0 Å². The Balaban J connectivity index is 1.36. The van der Waals surface area contributed by atoms with E-state index in [1.54, 1.807) is 18.4 Å². The molecule has 3 heterocycles. The van der Waals surface area contributed by atoms with E-state index in [2.05, 4.69) is 10.6 Å². The number of fused-ring (bicyclic) bond motifs is 2. The molecule has 11 nitrogen and oxygen atoms in total. The third-order valence-electron chi connectivity index (χ3n) is 8.10. The highest BCUT2D eigenvalue weighted by Crippen LogP contribution is 2.33. The number of nitrogens with zero attached hydrogens (tertiary/aromatic N) is 1. The summed E-state index contributed by atoms with van der Waals surface area (Å²) in [6.45, 7) is 7.90. The zero-order chi connectivity index (χ0) is 31.3. The number of aliphatic hydroxyl groups is 1. The van der Waals surface area contributed by atoms with Gasteiger partial charge in [-0.2, -0.15) is 4.31 Å². The number of carbonyl (C=O) groups excluding carboxylic acids is 1. The molecule has 1 amide bonds. The van der Waals surface area contributed by atoms with Crippen LogP contribution in [0.4, 0.5) is 4.79 Å². The molecule has 2 aliphatic rings. The smallest absolute Gasteiger partial charge is 0.407 e. The second-order valence-electron chi connectivity index (χ2n) is 11.9. The second-order valence-corrected chi connectivity index (χ2v) is 13.8. The number of amides is 1. The number of alkyl carbamates (subject to hydrolysis) is 1. The first-order valence-corrected chi connectivity index (χ1v) is 16.7. The predicted octanol–water partition coefficient (Wildman–Crippen LogP) is 3.65. The maximum atomic E-state index is 14.1. The van der Waals surface area contributed by atoms with E-state index < -0.39 is 34.4 Å². The van der Waals surface area contributed by atoms with Crippen LogP contribution >= 0.6 is 0 Å². The molecule has 0 aliphatic carbocycles. The van der Waals surface area contributed by atoms with Crippen molar-refractivity contribution in [1.82, 2.24) is 14.9 Å². The molecule has 0 radical (unpaired) electrons. The number of benzene rings is 2. The van der Waals surface area contributed by atoms with E-state index in [0.29, 0.717) is 24.1 Å². The minimum Gasteiger partial charge on any atom is -0.464 e. The Morgan fingerprint density at radius 3 is 2.68 bits per heavy atom. The van der Waals surface area contributed by atoms with E-state index in [4.69, 9.17) is 18.6 Å². The molecule has 1 aromatic heterocycles. The molecule has 0 bridgehead atoms. The summed E-state index contributed by atoms with van der Waals surface area (Å²) in [6.07, 6.45) is -0.0995. The lowest BCUT2D eigenvalue weighted by molar-refractivity contribution is -0.0907. The number of hydrogen-bond acceptors (Lipinski definition) is 9. The molecule has 2 fully saturated rings. The molecule has 2 aliphatic heterocycles. The van der Waals surface area contributed by atoms with Gasteiger partial charge in [0.1, 0.15) is 11.7 Å². The number of ether oxygens (including phenoxy) is 3. The molecule has 240 valence electrons. The molecule has 0 spiro atoms. The molecule has 2 saturated heterocycles. The number of aliphatic hydroxyl groups excluding tert-OH is 1. The average molecular weight is 630 g/mol. The maximum Gasteiger partial charge on any atom is 0.407 e. The van der Waals surface area contributed by atoms with Gasteiger partial charge in [0, 0.05) is 30.6 Å². The number of rotatable bonds is 14. The van der Waals surface area contributed by atoms with Gasteiger partial charge in [0.25, 0.3) is 0 Å². The summed E-state index contributed by atoms with van der Waals surface area (Å²) in [5.74, 6) is -0.0517. The van der Waals surface area contributed by atoms with Crippen LogP contribution in [0.15, 0.2) is 64.1 Å². The molecular weight excluding hydrogens is 586 g/mol. The highest BCUT2D eigenvalue weighted by Gasteiger charge is 2.44. The topological polar surface area (TPSA) is 140 Å². The minimum atomic E-state index is -4.02. The Labute approximate surface area is 258 Å². The van der Waals surface area contributed by atoms with Gasteiger partial charge >= 0.3 is 6.09 Å². The van der Waals surface area contributed by atoms with Crippen molar-refractivity contribution in [3.8, 4) is 0 Å². The average Bonchev–Trinajstić information content (AvgIpc) is 3.73. The highest BCUT2D eigenvalue weighted by molar-refractivity contribution is 7.89. The summed E-state index contributed by atoms with van der Waals surface area (Å²) >= 11 is 0. The number of carbonyl (C=O) groups is 1. The van der Waals surface area contributed by atoms with Crippen molar-refractivity contribution in [2.45, 2.75) is 69.6 Å². The van der Waals surface area contributed by atoms with E-state index in [-0.39, 0.29) is 49.1 Å². The summed E-state index contributed by atoms with van der Waals surface area (Å²) in [5, 5.41) is 18.3. The number of sulfonamides is 1. The first kappa shape index (κ1) is 32.4. The summed E-state index contributed by atoms with van der Waals surface area (Å²) in [6, 6.07) is 13.4. The Morgan fingerprint density at radius 1 is 1.14 bits per heavy atom. The van der Waals surface area contributed by atoms with Crippen LogP contribution in [-0.4, -0.2) is 81.3 Å². The van der Waals surface area contributed by atoms with Crippen molar-refractivity contribution in [3.05, 3.63) is 65.9 Å². The molecule has 3 N–H and O–H groups in total. The fourth-order valence-corrected chi connectivity index (χ4v) is 7.45. The molecule has 2 aromatic carbocycles. The largest absolute Gasteiger partial charge is 0.464 e. The Morgan fingerprint density at radius 2 is 1.93 bits per heavy atom. The normalized spacial score (nSPS) is 21.5. The molecule has 5 atom stereocenters. The third kappa shape index (κ3) is 7.61. The van der Waals surface area contributed by atoms with Gasteiger partial charge in [-0.3, -0.25) is 0 Å². The van der Waals surface area contributed by atoms with E-state index in [0.717, 1.165) is 24.1 Å². The molecule has 5 rings (SSSR count). The van der Waals surface area contributed by atoms with Gasteiger partial charge < -0.3 is 34.4 Å². The second kappa shape index (κ2) is 14.4. The van der Waals surface area contributed by atoms with E-state index in [1.165, 1.54) is 10.4 Å². The van der Waals surface area contributed by atoms with Crippen molar-refractivity contribution < 1.29 is 36.9 Å². The van der Waals surface area contributed by atoms with Crippen molar-refractivity contribution >= 4 is 27.1 Å². The van der Waals surface area contributed by atoms with E-state index >= 15 is 0 Å². The van der Waals surface area contributed by atoms with Gasteiger partial charge in [-0.05, 0) is 49.1 Å². The van der Waals surface area contributed by atoms with Gasteiger partial charge in [0.15, 0.2) is 6.29 Å². The van der Waals surface area contributed by atoms with Crippen LogP contribution in [0.3, 0.4) is 0 Å². The zero-order valence-electron chi connectivity index (χ0n) is 25.5. The fourth-order valence-electron chi connectivity index (χ4n) is 5.80. The van der Waals surface area contributed by atoms with Crippen molar-refractivity contribution in [2.75, 3.05) is 32.8 Å². The van der Waals surface area contributed by atoms with Gasteiger partial charge in [-0.25, -0.2) is 13.2 Å². The molecule has 44 heavy (non-hydrogen) atoms. The van der Waals surface area contributed by atoms with E-state index in [9.17, 15) is 18.3 Å². The first-order valence-electron chi connectivity index (χ1n) is 15.3. The SMILES string of the molecule is CCNCc1coc2ccc(S(=O)(=O)N(CC(C)C)C[C@@H](O)[C@H](Cc3ccccc3)NC(=O)OC3CO[C@H]4OCC[C@@H]34)cc12. The standard InChI is InChI=1S/C32H43N3O8S/c1-4-33-16-23-19-41-29-11-10-24(15-26(23)29)44(38,39)35(17-21(2)3)18-28(36)27(14-22-8-6-5-7-9-22)34-32(37)43-30-20-42-31-25(30)12-13-40-31/h5-11,15,19,21,25,27-28,30-31,33,36H,4,12-14,16-18,20H2,1-3H3,(H,34,37)/t25-,27-,28+,30?,31+/m0/s1. The number of furan rings is 1. The van der Waals surface area contributed by atoms with Crippen LogP contribution in [0.1, 0.15) is 38.3 Å². The minimum absolute atomic E-state index is 0.0200. The van der Waals surface area contributed by atoms with Crippen LogP contribution < -0.4 is 10.6 Å². The molecule has 3 aromatic rings. The lowest BCUT2D eigenvalue weighted by Gasteiger charge is -2.31. The Hall–Kier alpha value is -3.00. The Kier molecular flexibility index (Phi) is 10.6. The van der Waals surface area contributed by atoms with Crippen LogP contribution in [0.2, 0.25) is 0 Å².